The normalized spacial score (nSPS) is 17.3. The number of likely N-dealkylation sites (tertiary alicyclic amines) is 1. The van der Waals surface area contributed by atoms with Crippen molar-refractivity contribution >= 4 is 17.7 Å². The Morgan fingerprint density at radius 2 is 1.41 bits per heavy atom. The number of fused-ring (bicyclic) bond motifs is 1. The van der Waals surface area contributed by atoms with Crippen molar-refractivity contribution in [2.24, 2.45) is 5.92 Å². The lowest BCUT2D eigenvalue weighted by Gasteiger charge is -2.33. The second kappa shape index (κ2) is 7.35. The second-order valence-electron chi connectivity index (χ2n) is 7.26. The molecule has 2 aromatic carbocycles. The Morgan fingerprint density at radius 1 is 0.852 bits per heavy atom. The van der Waals surface area contributed by atoms with Crippen LogP contribution in [0, 0.1) is 5.92 Å². The maximum Gasteiger partial charge on any atom is 0.262 e. The van der Waals surface area contributed by atoms with Crippen LogP contribution in [0.3, 0.4) is 0 Å². The number of benzene rings is 2. The van der Waals surface area contributed by atoms with Crippen LogP contribution in [0.5, 0.6) is 0 Å². The van der Waals surface area contributed by atoms with E-state index in [0.717, 1.165) is 24.2 Å². The van der Waals surface area contributed by atoms with Crippen LogP contribution in [0.25, 0.3) is 0 Å². The summed E-state index contributed by atoms with van der Waals surface area (Å²) in [6, 6.07) is 17.1. The first-order valence-electron chi connectivity index (χ1n) is 9.40. The molecular weight excluding hydrogens is 340 g/mol. The maximum absolute atomic E-state index is 12.6. The van der Waals surface area contributed by atoms with Gasteiger partial charge in [0.05, 0.1) is 11.1 Å². The third-order valence-corrected chi connectivity index (χ3v) is 5.51. The van der Waals surface area contributed by atoms with Crippen LogP contribution in [0.4, 0.5) is 0 Å². The lowest BCUT2D eigenvalue weighted by atomic mass is 9.90. The molecule has 0 bridgehead atoms. The van der Waals surface area contributed by atoms with Crippen LogP contribution in [-0.4, -0.2) is 47.2 Å². The molecule has 0 N–H and O–H groups in total. The van der Waals surface area contributed by atoms with E-state index in [-0.39, 0.29) is 24.3 Å². The highest BCUT2D eigenvalue weighted by atomic mass is 16.2. The minimum Gasteiger partial charge on any atom is -0.341 e. The molecule has 2 aliphatic rings. The summed E-state index contributed by atoms with van der Waals surface area (Å²) < 4.78 is 0. The number of carbonyl (C=O) groups is 3. The Morgan fingerprint density at radius 3 is 2.00 bits per heavy atom. The summed E-state index contributed by atoms with van der Waals surface area (Å²) in [5, 5.41) is 0. The van der Waals surface area contributed by atoms with E-state index in [1.54, 1.807) is 29.2 Å². The summed E-state index contributed by atoms with van der Waals surface area (Å²) in [6.45, 7) is 1.19. The number of imide groups is 1. The van der Waals surface area contributed by atoms with Crippen LogP contribution in [0.1, 0.15) is 39.1 Å². The van der Waals surface area contributed by atoms with E-state index in [1.807, 2.05) is 6.07 Å². The fraction of sp³-hybridized carbons (Fsp3) is 0.318. The fourth-order valence-electron chi connectivity index (χ4n) is 3.95. The SMILES string of the molecule is O=C(CN1C(=O)c2ccccc2C1=O)N1CCC(Cc2ccccc2)CC1. The second-order valence-corrected chi connectivity index (χ2v) is 7.26. The Hall–Kier alpha value is -2.95. The first-order valence-corrected chi connectivity index (χ1v) is 9.40. The van der Waals surface area contributed by atoms with Gasteiger partial charge in [-0.3, -0.25) is 19.3 Å². The molecule has 4 rings (SSSR count). The predicted octanol–water partition coefficient (Wildman–Crippen LogP) is 2.76. The third kappa shape index (κ3) is 3.50. The summed E-state index contributed by atoms with van der Waals surface area (Å²) in [4.78, 5) is 40.3. The average Bonchev–Trinajstić information content (AvgIpc) is 2.94. The summed E-state index contributed by atoms with van der Waals surface area (Å²) in [6.07, 6.45) is 2.92. The number of amides is 3. The Kier molecular flexibility index (Phi) is 4.75. The summed E-state index contributed by atoms with van der Waals surface area (Å²) in [5.74, 6) is -0.329. The van der Waals surface area contributed by atoms with Crippen molar-refractivity contribution in [2.75, 3.05) is 19.6 Å². The van der Waals surface area contributed by atoms with Crippen LogP contribution >= 0.6 is 0 Å². The topological polar surface area (TPSA) is 57.7 Å². The van der Waals surface area contributed by atoms with Crippen molar-refractivity contribution in [3.8, 4) is 0 Å². The van der Waals surface area contributed by atoms with E-state index in [0.29, 0.717) is 30.1 Å². The summed E-state index contributed by atoms with van der Waals surface area (Å²) >= 11 is 0. The molecule has 2 heterocycles. The predicted molar refractivity (Wildman–Crippen MR) is 101 cm³/mol. The van der Waals surface area contributed by atoms with Gasteiger partial charge in [-0.25, -0.2) is 0 Å². The van der Waals surface area contributed by atoms with Crippen LogP contribution < -0.4 is 0 Å². The Balaban J connectivity index is 1.33. The van der Waals surface area contributed by atoms with E-state index in [1.165, 1.54) is 5.56 Å². The van der Waals surface area contributed by atoms with Gasteiger partial charge in [0.2, 0.25) is 5.91 Å². The van der Waals surface area contributed by atoms with Gasteiger partial charge in [0, 0.05) is 13.1 Å². The molecule has 2 aromatic rings. The smallest absolute Gasteiger partial charge is 0.262 e. The molecule has 0 atom stereocenters. The van der Waals surface area contributed by atoms with Gasteiger partial charge in [-0.15, -0.1) is 0 Å². The average molecular weight is 362 g/mol. The number of nitrogens with zero attached hydrogens (tertiary/aromatic N) is 2. The van der Waals surface area contributed by atoms with Gasteiger partial charge in [-0.1, -0.05) is 42.5 Å². The standard InChI is InChI=1S/C22H22N2O3/c25-20(15-24-21(26)18-8-4-5-9-19(18)22(24)27)23-12-10-17(11-13-23)14-16-6-2-1-3-7-16/h1-9,17H,10-15H2. The van der Waals surface area contributed by atoms with Gasteiger partial charge in [0.15, 0.2) is 0 Å². The molecule has 3 amide bonds. The van der Waals surface area contributed by atoms with E-state index in [2.05, 4.69) is 24.3 Å². The van der Waals surface area contributed by atoms with Crippen LogP contribution in [-0.2, 0) is 11.2 Å². The lowest BCUT2D eigenvalue weighted by molar-refractivity contribution is -0.132. The van der Waals surface area contributed by atoms with Crippen molar-refractivity contribution in [2.45, 2.75) is 19.3 Å². The molecule has 5 nitrogen and oxygen atoms in total. The van der Waals surface area contributed by atoms with Crippen molar-refractivity contribution < 1.29 is 14.4 Å². The highest BCUT2D eigenvalue weighted by molar-refractivity contribution is 6.22. The zero-order valence-corrected chi connectivity index (χ0v) is 15.1. The van der Waals surface area contributed by atoms with Gasteiger partial charge >= 0.3 is 0 Å². The van der Waals surface area contributed by atoms with E-state index in [9.17, 15) is 14.4 Å². The van der Waals surface area contributed by atoms with E-state index >= 15 is 0 Å². The van der Waals surface area contributed by atoms with Crippen molar-refractivity contribution in [1.82, 2.24) is 9.80 Å². The third-order valence-electron chi connectivity index (χ3n) is 5.51. The molecule has 0 aromatic heterocycles. The number of rotatable bonds is 4. The summed E-state index contributed by atoms with van der Waals surface area (Å²) in [5.41, 5.74) is 2.10. The van der Waals surface area contributed by atoms with E-state index < -0.39 is 0 Å². The fourth-order valence-corrected chi connectivity index (χ4v) is 3.95. The van der Waals surface area contributed by atoms with Crippen molar-refractivity contribution in [3.05, 3.63) is 71.3 Å². The quantitative estimate of drug-likeness (QED) is 0.786. The molecule has 0 spiro atoms. The lowest BCUT2D eigenvalue weighted by Crippen LogP contribution is -2.45. The molecule has 1 saturated heterocycles. The number of hydrogen-bond donors (Lipinski definition) is 0. The zero-order chi connectivity index (χ0) is 18.8. The number of hydrogen-bond acceptors (Lipinski definition) is 3. The Bertz CT molecular complexity index is 835. The molecular formula is C22H22N2O3. The van der Waals surface area contributed by atoms with Gasteiger partial charge in [0.25, 0.3) is 11.8 Å². The molecule has 0 unspecified atom stereocenters. The minimum absolute atomic E-state index is 0.150. The van der Waals surface area contributed by atoms with Gasteiger partial charge < -0.3 is 4.90 Å². The molecule has 5 heteroatoms. The highest BCUT2D eigenvalue weighted by Gasteiger charge is 2.37. The molecule has 2 aliphatic heterocycles. The number of piperidine rings is 1. The molecule has 1 fully saturated rings. The highest BCUT2D eigenvalue weighted by Crippen LogP contribution is 2.24. The first kappa shape index (κ1) is 17.5. The minimum atomic E-state index is -0.372. The molecule has 0 aliphatic carbocycles. The molecule has 0 saturated carbocycles. The monoisotopic (exact) mass is 362 g/mol. The van der Waals surface area contributed by atoms with Crippen LogP contribution in [0.2, 0.25) is 0 Å². The molecule has 138 valence electrons. The first-order chi connectivity index (χ1) is 13.1. The van der Waals surface area contributed by atoms with Crippen molar-refractivity contribution in [1.29, 1.82) is 0 Å². The van der Waals surface area contributed by atoms with E-state index in [4.69, 9.17) is 0 Å². The molecule has 27 heavy (non-hydrogen) atoms. The van der Waals surface area contributed by atoms with Gasteiger partial charge in [-0.05, 0) is 42.9 Å². The van der Waals surface area contributed by atoms with Gasteiger partial charge in [-0.2, -0.15) is 0 Å². The number of carbonyl (C=O) groups excluding carboxylic acids is 3. The largest absolute Gasteiger partial charge is 0.341 e. The zero-order valence-electron chi connectivity index (χ0n) is 15.1. The van der Waals surface area contributed by atoms with Gasteiger partial charge in [0.1, 0.15) is 6.54 Å². The summed E-state index contributed by atoms with van der Waals surface area (Å²) in [7, 11) is 0. The Labute approximate surface area is 158 Å². The van der Waals surface area contributed by atoms with Crippen molar-refractivity contribution in [3.63, 3.8) is 0 Å². The maximum atomic E-state index is 12.6. The molecule has 0 radical (unpaired) electrons. The van der Waals surface area contributed by atoms with Crippen LogP contribution in [0.15, 0.2) is 54.6 Å².